The normalized spacial score (nSPS) is 12.0. The van der Waals surface area contributed by atoms with Crippen LogP contribution in [-0.4, -0.2) is 12.5 Å². The zero-order chi connectivity index (χ0) is 15.2. The fourth-order valence-electron chi connectivity index (χ4n) is 1.91. The summed E-state index contributed by atoms with van der Waals surface area (Å²) in [6.07, 6.45) is 0. The predicted octanol–water partition coefficient (Wildman–Crippen LogP) is 3.25. The van der Waals surface area contributed by atoms with E-state index in [-0.39, 0.29) is 24.3 Å². The Labute approximate surface area is 122 Å². The molecule has 0 fully saturated rings. The Hall–Kier alpha value is -2.27. The van der Waals surface area contributed by atoms with E-state index in [1.54, 1.807) is 18.2 Å². The van der Waals surface area contributed by atoms with Crippen molar-refractivity contribution in [3.8, 4) is 0 Å². The molecule has 0 unspecified atom stereocenters. The monoisotopic (exact) mass is 290 g/mol. The van der Waals surface area contributed by atoms with Crippen LogP contribution in [0.3, 0.4) is 0 Å². The molecule has 0 spiro atoms. The molecule has 0 radical (unpaired) electrons. The highest BCUT2D eigenvalue weighted by Gasteiger charge is 2.08. The van der Waals surface area contributed by atoms with Gasteiger partial charge in [-0.2, -0.15) is 0 Å². The van der Waals surface area contributed by atoms with Crippen LogP contribution < -0.4 is 10.6 Å². The first-order valence-electron chi connectivity index (χ1n) is 6.59. The number of hydrogen-bond donors (Lipinski definition) is 2. The summed E-state index contributed by atoms with van der Waals surface area (Å²) < 4.78 is 26.1. The summed E-state index contributed by atoms with van der Waals surface area (Å²) in [5.74, 6) is -1.01. The van der Waals surface area contributed by atoms with Crippen LogP contribution in [0.25, 0.3) is 0 Å². The van der Waals surface area contributed by atoms with E-state index in [1.807, 2.05) is 6.92 Å². The molecular weight excluding hydrogens is 274 g/mol. The second kappa shape index (κ2) is 6.95. The highest BCUT2D eigenvalue weighted by atomic mass is 19.1. The molecule has 0 saturated carbocycles. The predicted molar refractivity (Wildman–Crippen MR) is 77.8 cm³/mol. The lowest BCUT2D eigenvalue weighted by atomic mass is 10.1. The van der Waals surface area contributed by atoms with Crippen molar-refractivity contribution in [1.82, 2.24) is 5.32 Å². The summed E-state index contributed by atoms with van der Waals surface area (Å²) in [7, 11) is 0. The maximum atomic E-state index is 13.1. The zero-order valence-corrected chi connectivity index (χ0v) is 11.6. The number of carbonyl (C=O) groups is 1. The van der Waals surface area contributed by atoms with Gasteiger partial charge in [-0.15, -0.1) is 0 Å². The first-order valence-corrected chi connectivity index (χ1v) is 6.59. The molecule has 3 nitrogen and oxygen atoms in total. The second-order valence-electron chi connectivity index (χ2n) is 4.72. The maximum Gasteiger partial charge on any atom is 0.238 e. The van der Waals surface area contributed by atoms with Crippen LogP contribution in [0.5, 0.6) is 0 Å². The molecule has 110 valence electrons. The quantitative estimate of drug-likeness (QED) is 0.887. The maximum absolute atomic E-state index is 13.1. The first kappa shape index (κ1) is 15.1. The van der Waals surface area contributed by atoms with Crippen molar-refractivity contribution >= 4 is 11.6 Å². The van der Waals surface area contributed by atoms with Crippen LogP contribution in [0.2, 0.25) is 0 Å². The van der Waals surface area contributed by atoms with Gasteiger partial charge in [-0.3, -0.25) is 4.79 Å². The molecule has 5 heteroatoms. The van der Waals surface area contributed by atoms with Gasteiger partial charge < -0.3 is 10.6 Å². The fraction of sp³-hybridized carbons (Fsp3) is 0.188. The number of carbonyl (C=O) groups excluding carboxylic acids is 1. The average Bonchev–Trinajstić information content (AvgIpc) is 2.45. The standard InChI is InChI=1S/C16H16F2N2O/c1-11(12-4-2-5-13(17)8-12)19-10-16(21)20-15-7-3-6-14(18)9-15/h2-9,11,19H,10H2,1H3,(H,20,21)/t11-/m0/s1. The molecular formula is C16H16F2N2O. The third kappa shape index (κ3) is 4.65. The van der Waals surface area contributed by atoms with Crippen LogP contribution in [0.15, 0.2) is 48.5 Å². The minimum Gasteiger partial charge on any atom is -0.325 e. The largest absolute Gasteiger partial charge is 0.325 e. The van der Waals surface area contributed by atoms with E-state index in [0.29, 0.717) is 5.69 Å². The Kier molecular flexibility index (Phi) is 5.00. The van der Waals surface area contributed by atoms with E-state index >= 15 is 0 Å². The van der Waals surface area contributed by atoms with E-state index in [1.165, 1.54) is 30.3 Å². The molecule has 2 aromatic carbocycles. The average molecular weight is 290 g/mol. The van der Waals surface area contributed by atoms with Crippen LogP contribution in [0, 0.1) is 11.6 Å². The number of nitrogens with one attached hydrogen (secondary N) is 2. The summed E-state index contributed by atoms with van der Waals surface area (Å²) in [6, 6.07) is 11.7. The zero-order valence-electron chi connectivity index (χ0n) is 11.6. The molecule has 0 aliphatic carbocycles. The van der Waals surface area contributed by atoms with Gasteiger partial charge in [-0.25, -0.2) is 8.78 Å². The Morgan fingerprint density at radius 3 is 2.43 bits per heavy atom. The van der Waals surface area contributed by atoms with E-state index in [0.717, 1.165) is 5.56 Å². The van der Waals surface area contributed by atoms with Crippen molar-refractivity contribution < 1.29 is 13.6 Å². The SMILES string of the molecule is C[C@H](NCC(=O)Nc1cccc(F)c1)c1cccc(F)c1. The molecule has 0 aliphatic rings. The molecule has 21 heavy (non-hydrogen) atoms. The topological polar surface area (TPSA) is 41.1 Å². The van der Waals surface area contributed by atoms with Gasteiger partial charge in [0.05, 0.1) is 6.54 Å². The van der Waals surface area contributed by atoms with Crippen molar-refractivity contribution in [2.75, 3.05) is 11.9 Å². The van der Waals surface area contributed by atoms with Gasteiger partial charge in [0.1, 0.15) is 11.6 Å². The first-order chi connectivity index (χ1) is 10.0. The van der Waals surface area contributed by atoms with E-state index < -0.39 is 5.82 Å². The summed E-state index contributed by atoms with van der Waals surface area (Å²) >= 11 is 0. The Balaban J connectivity index is 1.86. The number of benzene rings is 2. The van der Waals surface area contributed by atoms with Gasteiger partial charge in [-0.1, -0.05) is 18.2 Å². The van der Waals surface area contributed by atoms with Crippen molar-refractivity contribution in [3.05, 3.63) is 65.7 Å². The molecule has 0 saturated heterocycles. The Morgan fingerprint density at radius 1 is 1.10 bits per heavy atom. The van der Waals surface area contributed by atoms with Gasteiger partial charge in [0.15, 0.2) is 0 Å². The van der Waals surface area contributed by atoms with Gasteiger partial charge >= 0.3 is 0 Å². The van der Waals surface area contributed by atoms with Crippen molar-refractivity contribution in [1.29, 1.82) is 0 Å². The third-order valence-corrected chi connectivity index (χ3v) is 3.03. The molecule has 0 aromatic heterocycles. The number of anilines is 1. The van der Waals surface area contributed by atoms with E-state index in [4.69, 9.17) is 0 Å². The van der Waals surface area contributed by atoms with Gasteiger partial charge in [0.25, 0.3) is 0 Å². The van der Waals surface area contributed by atoms with Crippen LogP contribution in [0.1, 0.15) is 18.5 Å². The lowest BCUT2D eigenvalue weighted by molar-refractivity contribution is -0.115. The highest BCUT2D eigenvalue weighted by Crippen LogP contribution is 2.13. The third-order valence-electron chi connectivity index (χ3n) is 3.03. The molecule has 0 aliphatic heterocycles. The number of rotatable bonds is 5. The summed E-state index contributed by atoms with van der Waals surface area (Å²) in [5.41, 5.74) is 1.16. The van der Waals surface area contributed by atoms with Crippen molar-refractivity contribution in [3.63, 3.8) is 0 Å². The molecule has 2 N–H and O–H groups in total. The minimum atomic E-state index is -0.408. The van der Waals surface area contributed by atoms with Crippen molar-refractivity contribution in [2.24, 2.45) is 0 Å². The molecule has 2 rings (SSSR count). The Bertz CT molecular complexity index is 631. The minimum absolute atomic E-state index is 0.0498. The number of halogens is 2. The molecule has 1 amide bonds. The lowest BCUT2D eigenvalue weighted by Crippen LogP contribution is -2.30. The van der Waals surface area contributed by atoms with Gasteiger partial charge in [0, 0.05) is 11.7 Å². The fourth-order valence-corrected chi connectivity index (χ4v) is 1.91. The summed E-state index contributed by atoms with van der Waals surface area (Å²) in [6.45, 7) is 1.89. The molecule has 1 atom stereocenters. The number of amides is 1. The highest BCUT2D eigenvalue weighted by molar-refractivity contribution is 5.92. The van der Waals surface area contributed by atoms with Crippen LogP contribution in [-0.2, 0) is 4.79 Å². The molecule has 0 bridgehead atoms. The van der Waals surface area contributed by atoms with Gasteiger partial charge in [-0.05, 0) is 42.8 Å². The Morgan fingerprint density at radius 2 is 1.76 bits per heavy atom. The van der Waals surface area contributed by atoms with Crippen LogP contribution >= 0.6 is 0 Å². The molecule has 0 heterocycles. The van der Waals surface area contributed by atoms with Crippen LogP contribution in [0.4, 0.5) is 14.5 Å². The van der Waals surface area contributed by atoms with Crippen molar-refractivity contribution in [2.45, 2.75) is 13.0 Å². The lowest BCUT2D eigenvalue weighted by Gasteiger charge is -2.14. The molecule has 2 aromatic rings. The second-order valence-corrected chi connectivity index (χ2v) is 4.72. The summed E-state index contributed by atoms with van der Waals surface area (Å²) in [5, 5.41) is 5.57. The van der Waals surface area contributed by atoms with Gasteiger partial charge in [0.2, 0.25) is 5.91 Å². The summed E-state index contributed by atoms with van der Waals surface area (Å²) in [4.78, 5) is 11.8. The van der Waals surface area contributed by atoms with E-state index in [2.05, 4.69) is 10.6 Å². The smallest absolute Gasteiger partial charge is 0.238 e. The van der Waals surface area contributed by atoms with E-state index in [9.17, 15) is 13.6 Å². The number of hydrogen-bond acceptors (Lipinski definition) is 2.